The van der Waals surface area contributed by atoms with Crippen LogP contribution in [-0.4, -0.2) is 56.5 Å². The number of rotatable bonds is 6. The van der Waals surface area contributed by atoms with E-state index in [1.165, 1.54) is 18.2 Å². The average Bonchev–Trinajstić information content (AvgIpc) is 3.10. The number of benzene rings is 1. The smallest absolute Gasteiger partial charge is 0.233 e. The van der Waals surface area contributed by atoms with Crippen LogP contribution < -0.4 is 4.74 Å². The maximum absolute atomic E-state index is 12.3. The second-order valence-corrected chi connectivity index (χ2v) is 6.47. The summed E-state index contributed by atoms with van der Waals surface area (Å²) in [7, 11) is 0. The first-order valence-electron chi connectivity index (χ1n) is 8.20. The molecule has 1 fully saturated rings. The van der Waals surface area contributed by atoms with Crippen molar-refractivity contribution < 1.29 is 9.53 Å². The monoisotopic (exact) mass is 347 g/mol. The van der Waals surface area contributed by atoms with Crippen LogP contribution in [0.5, 0.6) is 5.75 Å². The van der Waals surface area contributed by atoms with Gasteiger partial charge >= 0.3 is 0 Å². The van der Waals surface area contributed by atoms with Gasteiger partial charge in [0.2, 0.25) is 11.1 Å². The number of piperidine rings is 1. The molecule has 0 aliphatic carbocycles. The van der Waals surface area contributed by atoms with Gasteiger partial charge in [0, 0.05) is 13.1 Å². The van der Waals surface area contributed by atoms with Gasteiger partial charge in [0.1, 0.15) is 5.75 Å². The van der Waals surface area contributed by atoms with Crippen molar-refractivity contribution in [1.82, 2.24) is 25.1 Å². The van der Waals surface area contributed by atoms with Gasteiger partial charge in [-0.05, 0) is 60.9 Å². The molecule has 0 saturated carbocycles. The molecule has 1 saturated heterocycles. The third kappa shape index (κ3) is 4.05. The first-order valence-corrected chi connectivity index (χ1v) is 9.18. The van der Waals surface area contributed by atoms with Gasteiger partial charge in [-0.2, -0.15) is 4.68 Å². The summed E-state index contributed by atoms with van der Waals surface area (Å²) >= 11 is 1.37. The molecule has 1 aliphatic rings. The fourth-order valence-electron chi connectivity index (χ4n) is 2.64. The van der Waals surface area contributed by atoms with E-state index in [0.29, 0.717) is 17.5 Å². The number of hydrogen-bond donors (Lipinski definition) is 0. The Morgan fingerprint density at radius 3 is 2.67 bits per heavy atom. The summed E-state index contributed by atoms with van der Waals surface area (Å²) in [5.41, 5.74) is 0.844. The molecule has 1 aliphatic heterocycles. The van der Waals surface area contributed by atoms with Crippen LogP contribution in [0.2, 0.25) is 0 Å². The summed E-state index contributed by atoms with van der Waals surface area (Å²) in [5, 5.41) is 12.4. The molecule has 0 unspecified atom stereocenters. The number of carbonyl (C=O) groups is 1. The molecule has 24 heavy (non-hydrogen) atoms. The number of amides is 1. The van der Waals surface area contributed by atoms with Gasteiger partial charge in [-0.1, -0.05) is 11.8 Å². The molecule has 8 heteroatoms. The number of likely N-dealkylation sites (tertiary alicyclic amines) is 1. The molecule has 1 aromatic carbocycles. The van der Waals surface area contributed by atoms with E-state index in [1.807, 2.05) is 36.1 Å². The van der Waals surface area contributed by atoms with Gasteiger partial charge in [0.25, 0.3) is 0 Å². The highest BCUT2D eigenvalue weighted by molar-refractivity contribution is 7.99. The number of thioether (sulfide) groups is 1. The molecule has 7 nitrogen and oxygen atoms in total. The molecule has 0 atom stereocenters. The highest BCUT2D eigenvalue weighted by Gasteiger charge is 2.18. The first-order chi connectivity index (χ1) is 11.8. The molecule has 0 bridgehead atoms. The van der Waals surface area contributed by atoms with E-state index in [2.05, 4.69) is 15.5 Å². The predicted molar refractivity (Wildman–Crippen MR) is 91.5 cm³/mol. The van der Waals surface area contributed by atoms with Gasteiger partial charge in [-0.25, -0.2) is 0 Å². The number of carbonyl (C=O) groups excluding carboxylic acids is 1. The highest BCUT2D eigenvalue weighted by atomic mass is 32.2. The second-order valence-electron chi connectivity index (χ2n) is 5.53. The Morgan fingerprint density at radius 2 is 1.96 bits per heavy atom. The van der Waals surface area contributed by atoms with E-state index in [-0.39, 0.29) is 5.91 Å². The summed E-state index contributed by atoms with van der Waals surface area (Å²) in [6.45, 7) is 4.31. The molecule has 2 aromatic rings. The predicted octanol–water partition coefficient (Wildman–Crippen LogP) is 2.17. The van der Waals surface area contributed by atoms with Crippen molar-refractivity contribution in [1.29, 1.82) is 0 Å². The number of ether oxygens (including phenoxy) is 1. The van der Waals surface area contributed by atoms with E-state index in [4.69, 9.17) is 4.74 Å². The Bertz CT molecular complexity index is 667. The number of aromatic nitrogens is 4. The largest absolute Gasteiger partial charge is 0.494 e. The van der Waals surface area contributed by atoms with Gasteiger partial charge in [0.15, 0.2) is 0 Å². The first kappa shape index (κ1) is 16.8. The van der Waals surface area contributed by atoms with Crippen molar-refractivity contribution in [2.75, 3.05) is 25.4 Å². The topological polar surface area (TPSA) is 73.1 Å². The lowest BCUT2D eigenvalue weighted by atomic mass is 10.1. The average molecular weight is 347 g/mol. The van der Waals surface area contributed by atoms with Crippen molar-refractivity contribution in [3.8, 4) is 11.4 Å². The minimum Gasteiger partial charge on any atom is -0.494 e. The van der Waals surface area contributed by atoms with Crippen molar-refractivity contribution >= 4 is 17.7 Å². The zero-order valence-electron chi connectivity index (χ0n) is 13.7. The Balaban J connectivity index is 1.63. The van der Waals surface area contributed by atoms with Crippen LogP contribution in [0.4, 0.5) is 0 Å². The summed E-state index contributed by atoms with van der Waals surface area (Å²) in [6, 6.07) is 7.57. The molecule has 0 N–H and O–H groups in total. The lowest BCUT2D eigenvalue weighted by Gasteiger charge is -2.26. The van der Waals surface area contributed by atoms with Gasteiger partial charge < -0.3 is 9.64 Å². The fraction of sp³-hybridized carbons (Fsp3) is 0.500. The Kier molecular flexibility index (Phi) is 5.68. The minimum absolute atomic E-state index is 0.154. The number of nitrogens with zero attached hydrogens (tertiary/aromatic N) is 5. The molecule has 3 rings (SSSR count). The van der Waals surface area contributed by atoms with Crippen molar-refractivity contribution in [3.05, 3.63) is 24.3 Å². The van der Waals surface area contributed by atoms with Crippen LogP contribution in [0, 0.1) is 0 Å². The van der Waals surface area contributed by atoms with Crippen LogP contribution in [0.3, 0.4) is 0 Å². The molecular weight excluding hydrogens is 326 g/mol. The molecule has 1 aromatic heterocycles. The lowest BCUT2D eigenvalue weighted by molar-refractivity contribution is -0.129. The summed E-state index contributed by atoms with van der Waals surface area (Å²) < 4.78 is 7.08. The van der Waals surface area contributed by atoms with Crippen LogP contribution in [0.25, 0.3) is 5.69 Å². The summed E-state index contributed by atoms with van der Waals surface area (Å²) in [4.78, 5) is 14.2. The van der Waals surface area contributed by atoms with Crippen molar-refractivity contribution in [2.24, 2.45) is 0 Å². The lowest BCUT2D eigenvalue weighted by Crippen LogP contribution is -2.36. The quantitative estimate of drug-likeness (QED) is 0.746. The van der Waals surface area contributed by atoms with E-state index < -0.39 is 0 Å². The minimum atomic E-state index is 0.154. The maximum Gasteiger partial charge on any atom is 0.233 e. The third-order valence-corrected chi connectivity index (χ3v) is 4.77. The molecule has 1 amide bonds. The normalized spacial score (nSPS) is 14.6. The SMILES string of the molecule is CCOc1ccc(-n2nnnc2SCC(=O)N2CCCCC2)cc1. The second kappa shape index (κ2) is 8.14. The van der Waals surface area contributed by atoms with Crippen LogP contribution in [0.1, 0.15) is 26.2 Å². The Hall–Kier alpha value is -2.09. The standard InChI is InChI=1S/C16H21N5O2S/c1-2-23-14-8-6-13(7-9-14)21-16(17-18-19-21)24-12-15(22)20-10-4-3-5-11-20/h6-9H,2-5,10-12H2,1H3. The molecule has 128 valence electrons. The highest BCUT2D eigenvalue weighted by Crippen LogP contribution is 2.21. The van der Waals surface area contributed by atoms with E-state index in [1.54, 1.807) is 4.68 Å². The zero-order chi connectivity index (χ0) is 16.8. The summed E-state index contributed by atoms with van der Waals surface area (Å²) in [5.74, 6) is 1.32. The van der Waals surface area contributed by atoms with Gasteiger partial charge in [-0.3, -0.25) is 4.79 Å². The number of hydrogen-bond acceptors (Lipinski definition) is 6. The van der Waals surface area contributed by atoms with Crippen LogP contribution in [0.15, 0.2) is 29.4 Å². The summed E-state index contributed by atoms with van der Waals surface area (Å²) in [6.07, 6.45) is 3.41. The van der Waals surface area contributed by atoms with Gasteiger partial charge in [-0.15, -0.1) is 5.10 Å². The maximum atomic E-state index is 12.3. The van der Waals surface area contributed by atoms with Gasteiger partial charge in [0.05, 0.1) is 18.0 Å². The van der Waals surface area contributed by atoms with E-state index >= 15 is 0 Å². The Morgan fingerprint density at radius 1 is 1.21 bits per heavy atom. The molecule has 0 radical (unpaired) electrons. The van der Waals surface area contributed by atoms with Crippen molar-refractivity contribution in [2.45, 2.75) is 31.3 Å². The fourth-order valence-corrected chi connectivity index (χ4v) is 3.44. The molecule has 0 spiro atoms. The van der Waals surface area contributed by atoms with Crippen molar-refractivity contribution in [3.63, 3.8) is 0 Å². The van der Waals surface area contributed by atoms with E-state index in [0.717, 1.165) is 37.4 Å². The third-order valence-electron chi connectivity index (χ3n) is 3.87. The Labute approximate surface area is 145 Å². The van der Waals surface area contributed by atoms with Crippen LogP contribution in [-0.2, 0) is 4.79 Å². The molecular formula is C16H21N5O2S. The molecule has 2 heterocycles. The number of tetrazole rings is 1. The zero-order valence-corrected chi connectivity index (χ0v) is 14.5. The van der Waals surface area contributed by atoms with Crippen LogP contribution >= 0.6 is 11.8 Å². The van der Waals surface area contributed by atoms with E-state index in [9.17, 15) is 4.79 Å².